The lowest BCUT2D eigenvalue weighted by Crippen LogP contribution is -2.51. The first kappa shape index (κ1) is 17.6. The third-order valence-electron chi connectivity index (χ3n) is 5.24. The number of carbonyl (C=O) groups is 2. The topological polar surface area (TPSA) is 58.4 Å². The summed E-state index contributed by atoms with van der Waals surface area (Å²) in [5.41, 5.74) is 1.05. The zero-order valence-corrected chi connectivity index (χ0v) is 14.8. The molecule has 2 amide bonds. The molecule has 1 fully saturated rings. The molecule has 142 valence electrons. The fraction of sp³-hybridized carbons (Fsp3) is 0.421. The van der Waals surface area contributed by atoms with Crippen LogP contribution in [-0.2, 0) is 13.0 Å². The monoisotopic (exact) mass is 374 g/mol. The number of piperazine rings is 1. The molecule has 3 heterocycles. The van der Waals surface area contributed by atoms with E-state index < -0.39 is 23.1 Å². The van der Waals surface area contributed by atoms with Gasteiger partial charge in [0.1, 0.15) is 17.2 Å². The fourth-order valence-electron chi connectivity index (χ4n) is 3.74. The molecule has 6 nitrogen and oxygen atoms in total. The van der Waals surface area contributed by atoms with E-state index in [4.69, 9.17) is 0 Å². The second-order valence-corrected chi connectivity index (χ2v) is 6.87. The molecule has 0 N–H and O–H groups in total. The standard InChI is InChI=1S/C19H20F2N4O2/c20-14-4-3-5-15(21)17(14)19(27)24-10-8-23(9-11-24)18(26)13-12-22-25-7-2-1-6-16(13)25/h3-5,12H,1-2,6-11H2. The lowest BCUT2D eigenvalue weighted by molar-refractivity contribution is 0.0529. The van der Waals surface area contributed by atoms with Crippen molar-refractivity contribution < 1.29 is 18.4 Å². The summed E-state index contributed by atoms with van der Waals surface area (Å²) in [7, 11) is 0. The minimum atomic E-state index is -0.870. The second-order valence-electron chi connectivity index (χ2n) is 6.87. The van der Waals surface area contributed by atoms with Crippen molar-refractivity contribution in [3.8, 4) is 0 Å². The molecular formula is C19H20F2N4O2. The summed E-state index contributed by atoms with van der Waals surface area (Å²) in [6.07, 6.45) is 4.57. The van der Waals surface area contributed by atoms with Crippen molar-refractivity contribution in [3.05, 3.63) is 52.9 Å². The molecule has 1 aromatic heterocycles. The number of aryl methyl sites for hydroxylation is 1. The molecule has 0 bridgehead atoms. The Morgan fingerprint density at radius 3 is 2.19 bits per heavy atom. The summed E-state index contributed by atoms with van der Waals surface area (Å²) in [6.45, 7) is 1.96. The highest BCUT2D eigenvalue weighted by atomic mass is 19.1. The normalized spacial score (nSPS) is 17.0. The van der Waals surface area contributed by atoms with Crippen molar-refractivity contribution in [1.82, 2.24) is 19.6 Å². The third kappa shape index (κ3) is 3.20. The van der Waals surface area contributed by atoms with Crippen LogP contribution in [0.15, 0.2) is 24.4 Å². The number of halogens is 2. The van der Waals surface area contributed by atoms with Crippen LogP contribution in [0.25, 0.3) is 0 Å². The van der Waals surface area contributed by atoms with Gasteiger partial charge in [-0.3, -0.25) is 14.3 Å². The molecule has 0 atom stereocenters. The molecule has 0 saturated carbocycles. The Morgan fingerprint density at radius 1 is 0.889 bits per heavy atom. The first-order valence-electron chi connectivity index (χ1n) is 9.13. The SMILES string of the molecule is O=C(c1cnn2c1CCCC2)N1CCN(C(=O)c2c(F)cccc2F)CC1. The number of rotatable bonds is 2. The molecule has 8 heteroatoms. The van der Waals surface area contributed by atoms with Crippen molar-refractivity contribution in [2.75, 3.05) is 26.2 Å². The first-order chi connectivity index (χ1) is 13.1. The summed E-state index contributed by atoms with van der Waals surface area (Å²) in [5.74, 6) is -2.52. The van der Waals surface area contributed by atoms with Gasteiger partial charge in [-0.2, -0.15) is 5.10 Å². The molecule has 4 rings (SSSR count). The molecule has 1 aromatic carbocycles. The number of hydrogen-bond acceptors (Lipinski definition) is 3. The van der Waals surface area contributed by atoms with Crippen LogP contribution in [0.4, 0.5) is 8.78 Å². The Balaban J connectivity index is 1.44. The van der Waals surface area contributed by atoms with Crippen LogP contribution in [0.2, 0.25) is 0 Å². The van der Waals surface area contributed by atoms with Gasteiger partial charge in [0.15, 0.2) is 0 Å². The van der Waals surface area contributed by atoms with Gasteiger partial charge in [0, 0.05) is 32.7 Å². The molecule has 2 aromatic rings. The summed E-state index contributed by atoms with van der Waals surface area (Å²) in [4.78, 5) is 28.4. The van der Waals surface area contributed by atoms with E-state index in [1.165, 1.54) is 11.0 Å². The van der Waals surface area contributed by atoms with Gasteiger partial charge in [0.2, 0.25) is 0 Å². The summed E-state index contributed by atoms with van der Waals surface area (Å²) in [6, 6.07) is 3.36. The highest BCUT2D eigenvalue weighted by Crippen LogP contribution is 2.21. The van der Waals surface area contributed by atoms with Crippen molar-refractivity contribution >= 4 is 11.8 Å². The van der Waals surface area contributed by atoms with Gasteiger partial charge >= 0.3 is 0 Å². The maximum atomic E-state index is 13.8. The second kappa shape index (κ2) is 7.09. The van der Waals surface area contributed by atoms with Crippen molar-refractivity contribution in [2.45, 2.75) is 25.8 Å². The number of nitrogens with zero attached hydrogens (tertiary/aromatic N) is 4. The molecule has 2 aliphatic rings. The third-order valence-corrected chi connectivity index (χ3v) is 5.24. The van der Waals surface area contributed by atoms with E-state index in [2.05, 4.69) is 5.10 Å². The Morgan fingerprint density at radius 2 is 1.52 bits per heavy atom. The van der Waals surface area contributed by atoms with E-state index in [9.17, 15) is 18.4 Å². The number of amides is 2. The van der Waals surface area contributed by atoms with E-state index in [-0.39, 0.29) is 19.0 Å². The quantitative estimate of drug-likeness (QED) is 0.809. The maximum Gasteiger partial charge on any atom is 0.259 e. The summed E-state index contributed by atoms with van der Waals surface area (Å²) in [5, 5.41) is 4.30. The van der Waals surface area contributed by atoms with E-state index in [0.717, 1.165) is 43.6 Å². The van der Waals surface area contributed by atoms with Crippen LogP contribution in [0.1, 0.15) is 39.3 Å². The van der Waals surface area contributed by atoms with E-state index in [1.54, 1.807) is 11.1 Å². The molecule has 27 heavy (non-hydrogen) atoms. The Kier molecular flexibility index (Phi) is 4.63. The largest absolute Gasteiger partial charge is 0.335 e. The summed E-state index contributed by atoms with van der Waals surface area (Å²) < 4.78 is 29.6. The van der Waals surface area contributed by atoms with E-state index in [1.807, 2.05) is 4.68 Å². The molecule has 1 saturated heterocycles. The Hall–Kier alpha value is -2.77. The number of carbonyl (C=O) groups excluding carboxylic acids is 2. The Labute approximate surface area is 155 Å². The highest BCUT2D eigenvalue weighted by Gasteiger charge is 2.30. The number of fused-ring (bicyclic) bond motifs is 1. The van der Waals surface area contributed by atoms with Crippen molar-refractivity contribution in [2.24, 2.45) is 0 Å². The van der Waals surface area contributed by atoms with Gasteiger partial charge in [0.05, 0.1) is 17.5 Å². The summed E-state index contributed by atoms with van der Waals surface area (Å²) >= 11 is 0. The van der Waals surface area contributed by atoms with Crippen LogP contribution in [0.3, 0.4) is 0 Å². The van der Waals surface area contributed by atoms with Crippen LogP contribution in [-0.4, -0.2) is 57.6 Å². The van der Waals surface area contributed by atoms with Gasteiger partial charge in [-0.25, -0.2) is 8.78 Å². The predicted molar refractivity (Wildman–Crippen MR) is 93.3 cm³/mol. The first-order valence-corrected chi connectivity index (χ1v) is 9.13. The molecule has 2 aliphatic heterocycles. The molecular weight excluding hydrogens is 354 g/mol. The van der Waals surface area contributed by atoms with Crippen LogP contribution in [0.5, 0.6) is 0 Å². The highest BCUT2D eigenvalue weighted by molar-refractivity contribution is 5.96. The number of hydrogen-bond donors (Lipinski definition) is 0. The van der Waals surface area contributed by atoms with Gasteiger partial charge in [0.25, 0.3) is 11.8 Å². The van der Waals surface area contributed by atoms with Crippen LogP contribution in [0, 0.1) is 11.6 Å². The van der Waals surface area contributed by atoms with Crippen molar-refractivity contribution in [3.63, 3.8) is 0 Å². The predicted octanol–water partition coefficient (Wildman–Crippen LogP) is 2.10. The van der Waals surface area contributed by atoms with Crippen LogP contribution >= 0.6 is 0 Å². The number of benzene rings is 1. The van der Waals surface area contributed by atoms with Gasteiger partial charge in [-0.1, -0.05) is 6.07 Å². The number of aromatic nitrogens is 2. The van der Waals surface area contributed by atoms with Gasteiger partial charge < -0.3 is 9.80 Å². The minimum absolute atomic E-state index is 0.0951. The zero-order valence-electron chi connectivity index (χ0n) is 14.8. The van der Waals surface area contributed by atoms with E-state index in [0.29, 0.717) is 18.7 Å². The van der Waals surface area contributed by atoms with Gasteiger partial charge in [-0.15, -0.1) is 0 Å². The zero-order chi connectivity index (χ0) is 19.0. The molecule has 0 radical (unpaired) electrons. The lowest BCUT2D eigenvalue weighted by atomic mass is 10.1. The fourth-order valence-corrected chi connectivity index (χ4v) is 3.74. The maximum absolute atomic E-state index is 13.8. The van der Waals surface area contributed by atoms with E-state index >= 15 is 0 Å². The molecule has 0 unspecified atom stereocenters. The minimum Gasteiger partial charge on any atom is -0.335 e. The molecule has 0 spiro atoms. The van der Waals surface area contributed by atoms with Crippen molar-refractivity contribution in [1.29, 1.82) is 0 Å². The van der Waals surface area contributed by atoms with Gasteiger partial charge in [-0.05, 0) is 31.4 Å². The molecule has 0 aliphatic carbocycles. The average molecular weight is 374 g/mol. The smallest absolute Gasteiger partial charge is 0.259 e. The van der Waals surface area contributed by atoms with Crippen LogP contribution < -0.4 is 0 Å². The Bertz CT molecular complexity index is 868. The lowest BCUT2D eigenvalue weighted by Gasteiger charge is -2.35. The average Bonchev–Trinajstić information content (AvgIpc) is 3.11.